The zero-order valence-electron chi connectivity index (χ0n) is 16.9. The Hall–Kier alpha value is -1.51. The maximum Gasteiger partial charge on any atom is 0.330 e. The van der Waals surface area contributed by atoms with Crippen molar-refractivity contribution in [3.8, 4) is 0 Å². The molecule has 0 saturated carbocycles. The number of methoxy groups -OCH3 is 1. The predicted molar refractivity (Wildman–Crippen MR) is 105 cm³/mol. The molecule has 2 rings (SSSR count). The number of nitrogens with one attached hydrogen (secondary N) is 1. The summed E-state index contributed by atoms with van der Waals surface area (Å²) in [5.41, 5.74) is -0.627. The maximum atomic E-state index is 12.4. The second-order valence-corrected chi connectivity index (χ2v) is 9.20. The minimum atomic E-state index is -2.87. The molecule has 1 aliphatic rings. The van der Waals surface area contributed by atoms with Crippen LogP contribution in [0.3, 0.4) is 0 Å². The lowest BCUT2D eigenvalue weighted by molar-refractivity contribution is -0.0700. The topological polar surface area (TPSA) is 109 Å². The van der Waals surface area contributed by atoms with Crippen molar-refractivity contribution in [1.29, 1.82) is 0 Å². The number of rotatable bonds is 9. The van der Waals surface area contributed by atoms with Crippen LogP contribution < -0.4 is 11.2 Å². The van der Waals surface area contributed by atoms with Crippen LogP contribution in [0, 0.1) is 12.8 Å². The molecule has 2 heterocycles. The van der Waals surface area contributed by atoms with Gasteiger partial charge in [-0.05, 0) is 25.7 Å². The number of aromatic nitrogens is 2. The van der Waals surface area contributed by atoms with Gasteiger partial charge in [-0.25, -0.2) is 4.79 Å². The van der Waals surface area contributed by atoms with Gasteiger partial charge in [-0.2, -0.15) is 0 Å². The molecule has 1 aliphatic heterocycles. The van der Waals surface area contributed by atoms with E-state index in [2.05, 4.69) is 4.98 Å². The van der Waals surface area contributed by atoms with Crippen LogP contribution in [0.1, 0.15) is 25.6 Å². The summed E-state index contributed by atoms with van der Waals surface area (Å²) in [4.78, 5) is 26.3. The molecule has 10 heteroatoms. The van der Waals surface area contributed by atoms with Gasteiger partial charge in [0.05, 0.1) is 25.9 Å². The number of nitrogens with zero attached hydrogens (tertiary/aromatic N) is 1. The van der Waals surface area contributed by atoms with Gasteiger partial charge in [-0.15, -0.1) is 0 Å². The minimum Gasteiger partial charge on any atom is -0.382 e. The van der Waals surface area contributed by atoms with Crippen molar-refractivity contribution in [2.24, 2.45) is 5.92 Å². The summed E-state index contributed by atoms with van der Waals surface area (Å²) in [6.07, 6.45) is 1.51. The molecule has 0 amide bonds. The predicted octanol–water partition coefficient (Wildman–Crippen LogP) is 1.87. The Bertz CT molecular complexity index is 847. The van der Waals surface area contributed by atoms with Crippen LogP contribution in [0.15, 0.2) is 27.7 Å². The first-order valence-electron chi connectivity index (χ1n) is 9.19. The monoisotopic (exact) mass is 416 g/mol. The Labute approximate surface area is 164 Å². The highest BCUT2D eigenvalue weighted by Crippen LogP contribution is 2.45. The van der Waals surface area contributed by atoms with Crippen molar-refractivity contribution in [3.63, 3.8) is 0 Å². The van der Waals surface area contributed by atoms with Crippen molar-refractivity contribution < 1.29 is 23.3 Å². The van der Waals surface area contributed by atoms with Crippen molar-refractivity contribution in [2.45, 2.75) is 39.2 Å². The van der Waals surface area contributed by atoms with Gasteiger partial charge in [0.15, 0.2) is 6.23 Å². The SMILES string of the molecule is CCOP(C)(=O)/C=C/[C@H]1O[C@@H](n2cc(C)c(=O)[nH]c2=O)[C@H](OCCOC)[C@@H]1C. The molecule has 1 saturated heterocycles. The van der Waals surface area contributed by atoms with Crippen molar-refractivity contribution in [2.75, 3.05) is 33.6 Å². The van der Waals surface area contributed by atoms with Crippen LogP contribution in [0.5, 0.6) is 0 Å². The number of hydrogen-bond acceptors (Lipinski definition) is 7. The van der Waals surface area contributed by atoms with E-state index in [1.54, 1.807) is 27.0 Å². The van der Waals surface area contributed by atoms with E-state index in [0.29, 0.717) is 25.4 Å². The Morgan fingerprint density at radius 1 is 1.36 bits per heavy atom. The van der Waals surface area contributed by atoms with Crippen LogP contribution >= 0.6 is 7.37 Å². The Kier molecular flexibility index (Phi) is 7.97. The molecule has 1 N–H and O–H groups in total. The molecule has 1 aromatic heterocycles. The third kappa shape index (κ3) is 5.52. The fourth-order valence-electron chi connectivity index (χ4n) is 3.07. The van der Waals surface area contributed by atoms with E-state index in [0.717, 1.165) is 0 Å². The largest absolute Gasteiger partial charge is 0.382 e. The molecule has 1 unspecified atom stereocenters. The van der Waals surface area contributed by atoms with Crippen molar-refractivity contribution >= 4 is 7.37 Å². The molecule has 5 atom stereocenters. The van der Waals surface area contributed by atoms with Gasteiger partial charge in [0.25, 0.3) is 5.56 Å². The quantitative estimate of drug-likeness (QED) is 0.483. The lowest BCUT2D eigenvalue weighted by atomic mass is 10.0. The second kappa shape index (κ2) is 9.80. The first-order valence-corrected chi connectivity index (χ1v) is 11.3. The molecule has 0 aromatic carbocycles. The number of aryl methyl sites for hydroxylation is 1. The molecule has 0 bridgehead atoms. The lowest BCUT2D eigenvalue weighted by Gasteiger charge is -2.23. The molecule has 1 aromatic rings. The summed E-state index contributed by atoms with van der Waals surface area (Å²) >= 11 is 0. The summed E-state index contributed by atoms with van der Waals surface area (Å²) in [6, 6.07) is 0. The normalized spacial score (nSPS) is 27.3. The molecule has 9 nitrogen and oxygen atoms in total. The zero-order valence-corrected chi connectivity index (χ0v) is 17.8. The number of hydrogen-bond donors (Lipinski definition) is 1. The standard InChI is InChI=1S/C18H29N2O7P/c1-6-26-28(5,23)10-7-14-13(3)15(25-9-8-24-4)17(27-14)20-11-12(2)16(21)19-18(20)22/h7,10-11,13-15,17H,6,8-9H2,1-5H3,(H,19,21,22)/b10-7+/t13-,14-,15-,17-,28?/m1/s1. The number of H-pyrrole nitrogens is 1. The molecule has 1 fully saturated rings. The summed E-state index contributed by atoms with van der Waals surface area (Å²) in [6.45, 7) is 7.91. The molecule has 0 spiro atoms. The first kappa shape index (κ1) is 22.8. The van der Waals surface area contributed by atoms with Gasteiger partial charge < -0.3 is 18.7 Å². The van der Waals surface area contributed by atoms with E-state index in [9.17, 15) is 14.2 Å². The van der Waals surface area contributed by atoms with E-state index < -0.39 is 37.1 Å². The molecular formula is C18H29N2O7P. The minimum absolute atomic E-state index is 0.140. The van der Waals surface area contributed by atoms with Gasteiger partial charge in [0.2, 0.25) is 7.37 Å². The van der Waals surface area contributed by atoms with E-state index in [-0.39, 0.29) is 5.92 Å². The maximum absolute atomic E-state index is 12.4. The van der Waals surface area contributed by atoms with E-state index >= 15 is 0 Å². The second-order valence-electron chi connectivity index (χ2n) is 6.83. The smallest absolute Gasteiger partial charge is 0.330 e. The summed E-state index contributed by atoms with van der Waals surface area (Å²) in [5, 5.41) is 0. The molecule has 28 heavy (non-hydrogen) atoms. The van der Waals surface area contributed by atoms with Crippen LogP contribution in [0.25, 0.3) is 0 Å². The first-order chi connectivity index (χ1) is 13.2. The van der Waals surface area contributed by atoms with Crippen molar-refractivity contribution in [3.05, 3.63) is 44.5 Å². The van der Waals surface area contributed by atoms with Gasteiger partial charge >= 0.3 is 5.69 Å². The lowest BCUT2D eigenvalue weighted by Crippen LogP contribution is -2.38. The molecule has 0 radical (unpaired) electrons. The van der Waals surface area contributed by atoms with Crippen LogP contribution in [0.4, 0.5) is 0 Å². The Morgan fingerprint density at radius 3 is 2.71 bits per heavy atom. The fourth-order valence-corrected chi connectivity index (χ4v) is 4.15. The van der Waals surface area contributed by atoms with E-state index in [4.69, 9.17) is 18.7 Å². The highest BCUT2D eigenvalue weighted by Gasteiger charge is 2.43. The zero-order chi connectivity index (χ0) is 20.9. The van der Waals surface area contributed by atoms with E-state index in [1.165, 1.54) is 23.2 Å². The van der Waals surface area contributed by atoms with Crippen LogP contribution in [-0.2, 0) is 23.3 Å². The molecule has 158 valence electrons. The van der Waals surface area contributed by atoms with Gasteiger partial charge in [-0.3, -0.25) is 18.9 Å². The van der Waals surface area contributed by atoms with Crippen LogP contribution in [0.2, 0.25) is 0 Å². The highest BCUT2D eigenvalue weighted by molar-refractivity contribution is 7.61. The Morgan fingerprint density at radius 2 is 2.07 bits per heavy atom. The average molecular weight is 416 g/mol. The van der Waals surface area contributed by atoms with Gasteiger partial charge in [0, 0.05) is 31.5 Å². The van der Waals surface area contributed by atoms with E-state index in [1.807, 2.05) is 6.92 Å². The Balaban J connectivity index is 2.33. The van der Waals surface area contributed by atoms with Crippen molar-refractivity contribution in [1.82, 2.24) is 9.55 Å². The third-order valence-corrected chi connectivity index (χ3v) is 6.05. The summed E-state index contributed by atoms with van der Waals surface area (Å²) in [7, 11) is -1.30. The average Bonchev–Trinajstić information content (AvgIpc) is 2.93. The van der Waals surface area contributed by atoms with Gasteiger partial charge in [0.1, 0.15) is 6.10 Å². The van der Waals surface area contributed by atoms with Crippen LogP contribution in [-0.4, -0.2) is 55.4 Å². The van der Waals surface area contributed by atoms with Gasteiger partial charge in [-0.1, -0.05) is 6.92 Å². The number of ether oxygens (including phenoxy) is 3. The number of aromatic amines is 1. The fraction of sp³-hybridized carbons (Fsp3) is 0.667. The summed E-state index contributed by atoms with van der Waals surface area (Å²) < 4.78 is 36.0. The summed E-state index contributed by atoms with van der Waals surface area (Å²) in [5.74, 6) is 1.38. The third-order valence-electron chi connectivity index (χ3n) is 4.56. The molecular weight excluding hydrogens is 387 g/mol. The molecule has 0 aliphatic carbocycles. The highest BCUT2D eigenvalue weighted by atomic mass is 31.2.